The van der Waals surface area contributed by atoms with Crippen LogP contribution in [0.1, 0.15) is 11.3 Å². The fourth-order valence-corrected chi connectivity index (χ4v) is 2.22. The molecule has 0 saturated carbocycles. The van der Waals surface area contributed by atoms with E-state index in [0.29, 0.717) is 11.0 Å². The second kappa shape index (κ2) is 4.00. The van der Waals surface area contributed by atoms with Gasteiger partial charge in [-0.1, -0.05) is 11.6 Å². The smallest absolute Gasteiger partial charge is 0.161 e. The summed E-state index contributed by atoms with van der Waals surface area (Å²) in [6.45, 7) is 2.67. The van der Waals surface area contributed by atoms with E-state index in [9.17, 15) is 0 Å². The summed E-state index contributed by atoms with van der Waals surface area (Å²) in [7, 11) is 0. The number of hydrogen-bond acceptors (Lipinski definition) is 3. The Morgan fingerprint density at radius 3 is 2.94 bits per heavy atom. The molecule has 2 heterocycles. The van der Waals surface area contributed by atoms with Crippen molar-refractivity contribution in [2.24, 2.45) is 0 Å². The Kier molecular flexibility index (Phi) is 2.48. The van der Waals surface area contributed by atoms with Crippen molar-refractivity contribution in [3.05, 3.63) is 40.7 Å². The van der Waals surface area contributed by atoms with Crippen LogP contribution in [0.15, 0.2) is 24.3 Å². The number of fused-ring (bicyclic) bond motifs is 1. The van der Waals surface area contributed by atoms with E-state index >= 15 is 0 Å². The molecule has 1 aromatic heterocycles. The molecule has 17 heavy (non-hydrogen) atoms. The molecule has 2 aromatic rings. The second-order valence-corrected chi connectivity index (χ2v) is 4.46. The topological polar surface area (TPSA) is 35.0 Å². The van der Waals surface area contributed by atoms with Crippen LogP contribution in [0, 0.1) is 6.92 Å². The predicted octanol–water partition coefficient (Wildman–Crippen LogP) is 3.04. The first kappa shape index (κ1) is 10.5. The maximum atomic E-state index is 5.94. The molecule has 1 aliphatic heterocycles. The predicted molar refractivity (Wildman–Crippen MR) is 66.4 cm³/mol. The van der Waals surface area contributed by atoms with Crippen molar-refractivity contribution < 1.29 is 4.74 Å². The number of rotatable bonds is 1. The van der Waals surface area contributed by atoms with E-state index in [4.69, 9.17) is 16.3 Å². The maximum absolute atomic E-state index is 5.94. The van der Waals surface area contributed by atoms with Crippen molar-refractivity contribution in [2.45, 2.75) is 13.3 Å². The summed E-state index contributed by atoms with van der Waals surface area (Å²) in [5.41, 5.74) is 3.07. The molecule has 0 aliphatic carbocycles. The van der Waals surface area contributed by atoms with Crippen molar-refractivity contribution in [1.82, 2.24) is 9.97 Å². The standard InChI is InChI=1S/C13H11ClN2O/c1-8-6-12(14)16-13(15-8)10-2-3-11-9(7-10)4-5-17-11/h2-3,6-7H,4-5H2,1H3. The summed E-state index contributed by atoms with van der Waals surface area (Å²) in [6, 6.07) is 7.77. The van der Waals surface area contributed by atoms with Gasteiger partial charge in [0.15, 0.2) is 5.82 Å². The Bertz CT molecular complexity index is 563. The molecule has 0 unspecified atom stereocenters. The molecular formula is C13H11ClN2O. The molecule has 3 nitrogen and oxygen atoms in total. The van der Waals surface area contributed by atoms with E-state index in [-0.39, 0.29) is 0 Å². The molecule has 0 spiro atoms. The summed E-state index contributed by atoms with van der Waals surface area (Å²) in [4.78, 5) is 8.64. The molecule has 86 valence electrons. The molecule has 0 atom stereocenters. The van der Waals surface area contributed by atoms with Crippen LogP contribution in [0.25, 0.3) is 11.4 Å². The van der Waals surface area contributed by atoms with Gasteiger partial charge in [-0.15, -0.1) is 0 Å². The molecule has 1 aliphatic rings. The first-order valence-corrected chi connectivity index (χ1v) is 5.87. The second-order valence-electron chi connectivity index (χ2n) is 4.08. The zero-order valence-corrected chi connectivity index (χ0v) is 10.2. The van der Waals surface area contributed by atoms with Gasteiger partial charge >= 0.3 is 0 Å². The Hall–Kier alpha value is -1.61. The number of hydrogen-bond donors (Lipinski definition) is 0. The molecular weight excluding hydrogens is 236 g/mol. The lowest BCUT2D eigenvalue weighted by molar-refractivity contribution is 0.357. The number of ether oxygens (including phenoxy) is 1. The number of aryl methyl sites for hydroxylation is 1. The molecule has 0 saturated heterocycles. The van der Waals surface area contributed by atoms with Crippen LogP contribution in [0.3, 0.4) is 0 Å². The third-order valence-electron chi connectivity index (χ3n) is 2.77. The van der Waals surface area contributed by atoms with Crippen LogP contribution >= 0.6 is 11.6 Å². The summed E-state index contributed by atoms with van der Waals surface area (Å²) < 4.78 is 5.47. The average molecular weight is 247 g/mol. The van der Waals surface area contributed by atoms with Crippen molar-refractivity contribution in [3.8, 4) is 17.1 Å². The van der Waals surface area contributed by atoms with Crippen LogP contribution in [0.2, 0.25) is 5.15 Å². The minimum Gasteiger partial charge on any atom is -0.493 e. The molecule has 4 heteroatoms. The quantitative estimate of drug-likeness (QED) is 0.726. The van der Waals surface area contributed by atoms with Crippen molar-refractivity contribution in [3.63, 3.8) is 0 Å². The fraction of sp³-hybridized carbons (Fsp3) is 0.231. The number of aromatic nitrogens is 2. The summed E-state index contributed by atoms with van der Waals surface area (Å²) in [6.07, 6.45) is 0.947. The minimum absolute atomic E-state index is 0.476. The van der Waals surface area contributed by atoms with Gasteiger partial charge in [0.25, 0.3) is 0 Å². The highest BCUT2D eigenvalue weighted by Gasteiger charge is 2.13. The average Bonchev–Trinajstić information content (AvgIpc) is 2.74. The van der Waals surface area contributed by atoms with Crippen LogP contribution in [-0.4, -0.2) is 16.6 Å². The third kappa shape index (κ3) is 1.98. The zero-order valence-electron chi connectivity index (χ0n) is 9.40. The van der Waals surface area contributed by atoms with Crippen LogP contribution < -0.4 is 4.74 Å². The molecule has 0 bridgehead atoms. The first-order valence-electron chi connectivity index (χ1n) is 5.50. The molecule has 1 aromatic carbocycles. The lowest BCUT2D eigenvalue weighted by Gasteiger charge is -2.04. The normalized spacial score (nSPS) is 13.3. The Morgan fingerprint density at radius 1 is 1.24 bits per heavy atom. The van der Waals surface area contributed by atoms with Crippen molar-refractivity contribution in [2.75, 3.05) is 6.61 Å². The molecule has 0 radical (unpaired) electrons. The number of benzene rings is 1. The molecule has 0 amide bonds. The van der Waals surface area contributed by atoms with E-state index in [1.54, 1.807) is 6.07 Å². The van der Waals surface area contributed by atoms with Crippen LogP contribution in [-0.2, 0) is 6.42 Å². The van der Waals surface area contributed by atoms with Gasteiger partial charge in [0.2, 0.25) is 0 Å². The first-order chi connectivity index (χ1) is 8.22. The number of halogens is 1. The van der Waals surface area contributed by atoms with E-state index in [0.717, 1.165) is 30.0 Å². The zero-order chi connectivity index (χ0) is 11.8. The Balaban J connectivity index is 2.09. The Labute approximate surface area is 104 Å². The Morgan fingerprint density at radius 2 is 2.12 bits per heavy atom. The summed E-state index contributed by atoms with van der Waals surface area (Å²) >= 11 is 5.94. The van der Waals surface area contributed by atoms with Crippen LogP contribution in [0.5, 0.6) is 5.75 Å². The molecule has 0 N–H and O–H groups in total. The van der Waals surface area contributed by atoms with Gasteiger partial charge < -0.3 is 4.74 Å². The van der Waals surface area contributed by atoms with Gasteiger partial charge in [-0.3, -0.25) is 0 Å². The highest BCUT2D eigenvalue weighted by atomic mass is 35.5. The van der Waals surface area contributed by atoms with Gasteiger partial charge in [-0.2, -0.15) is 0 Å². The van der Waals surface area contributed by atoms with E-state index in [1.807, 2.05) is 19.1 Å². The van der Waals surface area contributed by atoms with E-state index in [2.05, 4.69) is 16.0 Å². The fourth-order valence-electron chi connectivity index (χ4n) is 1.98. The van der Waals surface area contributed by atoms with E-state index < -0.39 is 0 Å². The lowest BCUT2D eigenvalue weighted by atomic mass is 10.1. The van der Waals surface area contributed by atoms with Gasteiger partial charge in [-0.05, 0) is 36.8 Å². The SMILES string of the molecule is Cc1cc(Cl)nc(-c2ccc3c(c2)CCO3)n1. The highest BCUT2D eigenvalue weighted by molar-refractivity contribution is 6.29. The van der Waals surface area contributed by atoms with Gasteiger partial charge in [0, 0.05) is 17.7 Å². The summed E-state index contributed by atoms with van der Waals surface area (Å²) in [5.74, 6) is 1.64. The van der Waals surface area contributed by atoms with Gasteiger partial charge in [0.1, 0.15) is 10.9 Å². The van der Waals surface area contributed by atoms with Gasteiger partial charge in [0.05, 0.1) is 6.61 Å². The van der Waals surface area contributed by atoms with Gasteiger partial charge in [-0.25, -0.2) is 9.97 Å². The van der Waals surface area contributed by atoms with Crippen molar-refractivity contribution >= 4 is 11.6 Å². The molecule has 0 fully saturated rings. The van der Waals surface area contributed by atoms with Crippen molar-refractivity contribution in [1.29, 1.82) is 0 Å². The molecule has 3 rings (SSSR count). The summed E-state index contributed by atoms with van der Waals surface area (Å²) in [5, 5.41) is 0.476. The number of nitrogens with zero attached hydrogens (tertiary/aromatic N) is 2. The minimum atomic E-state index is 0.476. The third-order valence-corrected chi connectivity index (χ3v) is 2.96. The largest absolute Gasteiger partial charge is 0.493 e. The monoisotopic (exact) mass is 246 g/mol. The van der Waals surface area contributed by atoms with Crippen LogP contribution in [0.4, 0.5) is 0 Å². The lowest BCUT2D eigenvalue weighted by Crippen LogP contribution is -1.92. The maximum Gasteiger partial charge on any atom is 0.161 e. The highest BCUT2D eigenvalue weighted by Crippen LogP contribution is 2.29. The van der Waals surface area contributed by atoms with E-state index in [1.165, 1.54) is 5.56 Å².